The van der Waals surface area contributed by atoms with Crippen molar-refractivity contribution in [2.45, 2.75) is 46.1 Å². The lowest BCUT2D eigenvalue weighted by Gasteiger charge is -2.25. The van der Waals surface area contributed by atoms with Crippen LogP contribution in [0.15, 0.2) is 12.1 Å². The minimum Gasteiger partial charge on any atom is -0.481 e. The second kappa shape index (κ2) is 6.36. The van der Waals surface area contributed by atoms with Crippen LogP contribution >= 0.6 is 0 Å². The second-order valence-electron chi connectivity index (χ2n) is 5.44. The summed E-state index contributed by atoms with van der Waals surface area (Å²) in [6, 6.07) is 3.24. The maximum absolute atomic E-state index is 11.9. The minimum atomic E-state index is -0.876. The van der Waals surface area contributed by atoms with Gasteiger partial charge >= 0.3 is 12.0 Å². The minimum absolute atomic E-state index is 0.0123. The number of carbonyl (C=O) groups is 2. The fraction of sp³-hybridized carbons (Fsp3) is 0.500. The first kappa shape index (κ1) is 15.9. The molecule has 1 rings (SSSR count). The molecule has 0 aliphatic carbocycles. The number of aromatic nitrogens is 1. The van der Waals surface area contributed by atoms with E-state index in [-0.39, 0.29) is 12.5 Å². The fourth-order valence-corrected chi connectivity index (χ4v) is 1.76. The number of amides is 2. The third-order valence-corrected chi connectivity index (χ3v) is 2.89. The topological polar surface area (TPSA) is 91.3 Å². The van der Waals surface area contributed by atoms with Crippen LogP contribution in [0.5, 0.6) is 0 Å². The molecule has 0 saturated carbocycles. The summed E-state index contributed by atoms with van der Waals surface area (Å²) >= 11 is 0. The highest BCUT2D eigenvalue weighted by molar-refractivity contribution is 5.90. The van der Waals surface area contributed by atoms with Gasteiger partial charge in [0, 0.05) is 17.7 Å². The molecule has 3 N–H and O–H groups in total. The van der Waals surface area contributed by atoms with Crippen LogP contribution in [0.1, 0.15) is 38.1 Å². The number of carboxylic acid groups (broad SMARTS) is 1. The van der Waals surface area contributed by atoms with Crippen LogP contribution in [0.25, 0.3) is 0 Å². The first-order chi connectivity index (χ1) is 9.19. The normalized spacial score (nSPS) is 11.0. The standard InChI is InChI=1S/C14H21N3O3/c1-9-5-6-11(10(2)15-9)16-13(20)17-14(3,4)8-7-12(18)19/h5-6H,7-8H2,1-4H3,(H,18,19)(H2,16,17,20). The van der Waals surface area contributed by atoms with E-state index in [1.807, 2.05) is 19.9 Å². The van der Waals surface area contributed by atoms with Crippen molar-refractivity contribution in [3.05, 3.63) is 23.5 Å². The van der Waals surface area contributed by atoms with E-state index in [0.717, 1.165) is 11.4 Å². The lowest BCUT2D eigenvalue weighted by molar-refractivity contribution is -0.137. The lowest BCUT2D eigenvalue weighted by Crippen LogP contribution is -2.45. The Morgan fingerprint density at radius 1 is 1.30 bits per heavy atom. The highest BCUT2D eigenvalue weighted by Crippen LogP contribution is 2.14. The summed E-state index contributed by atoms with van der Waals surface area (Å²) < 4.78 is 0. The molecule has 6 heteroatoms. The number of nitrogens with one attached hydrogen (secondary N) is 2. The summed E-state index contributed by atoms with van der Waals surface area (Å²) in [7, 11) is 0. The third-order valence-electron chi connectivity index (χ3n) is 2.89. The number of aliphatic carboxylic acids is 1. The first-order valence-electron chi connectivity index (χ1n) is 6.45. The van der Waals surface area contributed by atoms with Crippen molar-refractivity contribution < 1.29 is 14.7 Å². The van der Waals surface area contributed by atoms with Gasteiger partial charge in [0.2, 0.25) is 0 Å². The Kier molecular flexibility index (Phi) is 5.07. The van der Waals surface area contributed by atoms with E-state index < -0.39 is 11.5 Å². The predicted molar refractivity (Wildman–Crippen MR) is 76.8 cm³/mol. The first-order valence-corrected chi connectivity index (χ1v) is 6.45. The van der Waals surface area contributed by atoms with Crippen LogP contribution in [0, 0.1) is 13.8 Å². The Balaban J connectivity index is 2.60. The van der Waals surface area contributed by atoms with Gasteiger partial charge in [-0.3, -0.25) is 9.78 Å². The predicted octanol–water partition coefficient (Wildman–Crippen LogP) is 2.46. The van der Waals surface area contributed by atoms with E-state index in [4.69, 9.17) is 5.11 Å². The summed E-state index contributed by atoms with van der Waals surface area (Å²) in [6.45, 7) is 7.27. The summed E-state index contributed by atoms with van der Waals surface area (Å²) in [5.41, 5.74) is 1.68. The highest BCUT2D eigenvalue weighted by atomic mass is 16.4. The van der Waals surface area contributed by atoms with E-state index in [9.17, 15) is 9.59 Å². The van der Waals surface area contributed by atoms with Gasteiger partial charge in [0.1, 0.15) is 0 Å². The number of nitrogens with zero attached hydrogens (tertiary/aromatic N) is 1. The van der Waals surface area contributed by atoms with Gasteiger partial charge in [0.05, 0.1) is 11.4 Å². The van der Waals surface area contributed by atoms with Crippen LogP contribution in [0.4, 0.5) is 10.5 Å². The number of hydrogen-bond acceptors (Lipinski definition) is 3. The van der Waals surface area contributed by atoms with E-state index in [2.05, 4.69) is 15.6 Å². The molecule has 1 aromatic heterocycles. The van der Waals surface area contributed by atoms with Crippen molar-refractivity contribution in [2.75, 3.05) is 5.32 Å². The van der Waals surface area contributed by atoms with Gasteiger partial charge in [-0.1, -0.05) is 0 Å². The number of anilines is 1. The van der Waals surface area contributed by atoms with Crippen LogP contribution in [0.3, 0.4) is 0 Å². The summed E-state index contributed by atoms with van der Waals surface area (Å²) in [6.07, 6.45) is 0.374. The summed E-state index contributed by atoms with van der Waals surface area (Å²) in [5, 5.41) is 14.2. The second-order valence-corrected chi connectivity index (χ2v) is 5.44. The van der Waals surface area contributed by atoms with E-state index in [0.29, 0.717) is 12.1 Å². The third kappa shape index (κ3) is 5.26. The Bertz CT molecular complexity index is 512. The molecule has 0 aliphatic rings. The van der Waals surface area contributed by atoms with Gasteiger partial charge in [-0.15, -0.1) is 0 Å². The Morgan fingerprint density at radius 3 is 2.50 bits per heavy atom. The van der Waals surface area contributed by atoms with Gasteiger partial charge < -0.3 is 15.7 Å². The Labute approximate surface area is 118 Å². The van der Waals surface area contributed by atoms with E-state index >= 15 is 0 Å². The van der Waals surface area contributed by atoms with Crippen LogP contribution < -0.4 is 10.6 Å². The number of pyridine rings is 1. The number of carbonyl (C=O) groups excluding carboxylic acids is 1. The van der Waals surface area contributed by atoms with Crippen LogP contribution in [-0.2, 0) is 4.79 Å². The average molecular weight is 279 g/mol. The molecule has 0 aliphatic heterocycles. The number of urea groups is 1. The Hall–Kier alpha value is -2.11. The van der Waals surface area contributed by atoms with Crippen LogP contribution in [-0.4, -0.2) is 27.6 Å². The smallest absolute Gasteiger partial charge is 0.319 e. The zero-order valence-electron chi connectivity index (χ0n) is 12.3. The number of carboxylic acids is 1. The van der Waals surface area contributed by atoms with E-state index in [1.54, 1.807) is 19.9 Å². The summed E-state index contributed by atoms with van der Waals surface area (Å²) in [4.78, 5) is 26.7. The molecule has 0 aromatic carbocycles. The van der Waals surface area contributed by atoms with Crippen molar-refractivity contribution in [3.63, 3.8) is 0 Å². The SMILES string of the molecule is Cc1ccc(NC(=O)NC(C)(C)CCC(=O)O)c(C)n1. The van der Waals surface area contributed by atoms with Crippen molar-refractivity contribution in [1.29, 1.82) is 0 Å². The monoisotopic (exact) mass is 279 g/mol. The quantitative estimate of drug-likeness (QED) is 0.772. The molecule has 0 spiro atoms. The van der Waals surface area contributed by atoms with Gasteiger partial charge in [-0.25, -0.2) is 4.79 Å². The van der Waals surface area contributed by atoms with Gasteiger partial charge in [-0.05, 0) is 46.2 Å². The molecule has 110 valence electrons. The summed E-state index contributed by atoms with van der Waals surface area (Å²) in [5.74, 6) is -0.876. The molecule has 0 atom stereocenters. The fourth-order valence-electron chi connectivity index (χ4n) is 1.76. The van der Waals surface area contributed by atoms with Crippen molar-refractivity contribution in [1.82, 2.24) is 10.3 Å². The number of rotatable bonds is 5. The number of aryl methyl sites for hydroxylation is 2. The average Bonchev–Trinajstić information content (AvgIpc) is 2.30. The van der Waals surface area contributed by atoms with Gasteiger partial charge in [0.15, 0.2) is 0 Å². The molecular weight excluding hydrogens is 258 g/mol. The van der Waals surface area contributed by atoms with Crippen molar-refractivity contribution in [3.8, 4) is 0 Å². The number of hydrogen-bond donors (Lipinski definition) is 3. The molecule has 0 fully saturated rings. The molecule has 1 aromatic rings. The van der Waals surface area contributed by atoms with Gasteiger partial charge in [0.25, 0.3) is 0 Å². The molecule has 0 bridgehead atoms. The Morgan fingerprint density at radius 2 is 1.95 bits per heavy atom. The van der Waals surface area contributed by atoms with Crippen LogP contribution in [0.2, 0.25) is 0 Å². The maximum atomic E-state index is 11.9. The highest BCUT2D eigenvalue weighted by Gasteiger charge is 2.21. The lowest BCUT2D eigenvalue weighted by atomic mass is 9.99. The van der Waals surface area contributed by atoms with Crippen molar-refractivity contribution >= 4 is 17.7 Å². The molecule has 20 heavy (non-hydrogen) atoms. The maximum Gasteiger partial charge on any atom is 0.319 e. The zero-order chi connectivity index (χ0) is 15.3. The van der Waals surface area contributed by atoms with E-state index in [1.165, 1.54) is 0 Å². The molecule has 0 saturated heterocycles. The van der Waals surface area contributed by atoms with Crippen molar-refractivity contribution in [2.24, 2.45) is 0 Å². The largest absolute Gasteiger partial charge is 0.481 e. The molecule has 0 radical (unpaired) electrons. The van der Waals surface area contributed by atoms with Gasteiger partial charge in [-0.2, -0.15) is 0 Å². The molecule has 1 heterocycles. The molecule has 0 unspecified atom stereocenters. The molecule has 2 amide bonds. The zero-order valence-corrected chi connectivity index (χ0v) is 12.3. The molecular formula is C14H21N3O3. The molecule has 6 nitrogen and oxygen atoms in total.